The number of aromatic nitrogens is 1. The summed E-state index contributed by atoms with van der Waals surface area (Å²) >= 11 is 5.97. The van der Waals surface area contributed by atoms with E-state index in [9.17, 15) is 4.79 Å². The Morgan fingerprint density at radius 2 is 2.08 bits per heavy atom. The second-order valence-electron chi connectivity index (χ2n) is 5.17. The lowest BCUT2D eigenvalue weighted by molar-refractivity contribution is 0.0996. The maximum absolute atomic E-state index is 11.8. The number of amides is 1. The number of anilines is 2. The molecule has 122 valence electrons. The van der Waals surface area contributed by atoms with Crippen LogP contribution in [-0.2, 0) is 6.42 Å². The van der Waals surface area contributed by atoms with Crippen molar-refractivity contribution in [2.75, 3.05) is 17.2 Å². The van der Waals surface area contributed by atoms with Crippen LogP contribution in [0, 0.1) is 0 Å². The summed E-state index contributed by atoms with van der Waals surface area (Å²) in [5.74, 6) is 0.395. The highest BCUT2D eigenvalue weighted by Crippen LogP contribution is 2.13. The highest BCUT2D eigenvalue weighted by atomic mass is 35.5. The first kappa shape index (κ1) is 16.1. The largest absolute Gasteiger partial charge is 0.459 e. The summed E-state index contributed by atoms with van der Waals surface area (Å²) in [5.41, 5.74) is 2.05. The number of halogens is 1. The second-order valence-corrected chi connectivity index (χ2v) is 5.61. The van der Waals surface area contributed by atoms with Crippen LogP contribution >= 0.6 is 11.6 Å². The van der Waals surface area contributed by atoms with Crippen molar-refractivity contribution >= 4 is 29.0 Å². The molecular formula is C18H16ClN3O2. The number of nitrogens with zero attached hydrogens (tertiary/aromatic N) is 1. The van der Waals surface area contributed by atoms with E-state index in [0.29, 0.717) is 5.82 Å². The van der Waals surface area contributed by atoms with E-state index >= 15 is 0 Å². The first-order chi connectivity index (χ1) is 11.7. The number of carbonyl (C=O) groups is 1. The van der Waals surface area contributed by atoms with Crippen molar-refractivity contribution in [3.8, 4) is 0 Å². The van der Waals surface area contributed by atoms with E-state index in [4.69, 9.17) is 16.0 Å². The number of nitrogens with one attached hydrogen (secondary N) is 2. The monoisotopic (exact) mass is 341 g/mol. The van der Waals surface area contributed by atoms with E-state index in [1.54, 1.807) is 24.4 Å². The van der Waals surface area contributed by atoms with Gasteiger partial charge in [-0.3, -0.25) is 4.79 Å². The Labute approximate surface area is 144 Å². The van der Waals surface area contributed by atoms with Crippen LogP contribution in [0.4, 0.5) is 11.5 Å². The smallest absolute Gasteiger partial charge is 0.292 e. The molecular weight excluding hydrogens is 326 g/mol. The summed E-state index contributed by atoms with van der Waals surface area (Å²) in [4.78, 5) is 16.1. The van der Waals surface area contributed by atoms with Gasteiger partial charge < -0.3 is 15.1 Å². The van der Waals surface area contributed by atoms with Crippen molar-refractivity contribution in [3.63, 3.8) is 0 Å². The van der Waals surface area contributed by atoms with Gasteiger partial charge in [0.15, 0.2) is 5.76 Å². The van der Waals surface area contributed by atoms with Gasteiger partial charge in [-0.05, 0) is 48.4 Å². The third-order valence-corrected chi connectivity index (χ3v) is 3.62. The summed E-state index contributed by atoms with van der Waals surface area (Å²) < 4.78 is 5.03. The van der Waals surface area contributed by atoms with Gasteiger partial charge in [-0.1, -0.05) is 23.7 Å². The average molecular weight is 342 g/mol. The van der Waals surface area contributed by atoms with E-state index < -0.39 is 0 Å². The molecule has 0 radical (unpaired) electrons. The Balaban J connectivity index is 1.50. The molecule has 5 nitrogen and oxygen atoms in total. The van der Waals surface area contributed by atoms with Crippen LogP contribution in [0.1, 0.15) is 16.1 Å². The molecule has 3 rings (SSSR count). The predicted octanol–water partition coefficient (Wildman–Crippen LogP) is 4.23. The summed E-state index contributed by atoms with van der Waals surface area (Å²) in [7, 11) is 0. The summed E-state index contributed by atoms with van der Waals surface area (Å²) in [6, 6.07) is 14.7. The van der Waals surface area contributed by atoms with Gasteiger partial charge in [0.25, 0.3) is 5.91 Å². The minimum atomic E-state index is -0.325. The molecule has 2 N–H and O–H groups in total. The molecule has 6 heteroatoms. The summed E-state index contributed by atoms with van der Waals surface area (Å²) in [5, 5.41) is 6.70. The fourth-order valence-corrected chi connectivity index (χ4v) is 2.41. The molecule has 2 heterocycles. The van der Waals surface area contributed by atoms with E-state index in [1.807, 2.05) is 30.3 Å². The Bertz CT molecular complexity index is 801. The minimum Gasteiger partial charge on any atom is -0.459 e. The van der Waals surface area contributed by atoms with E-state index in [0.717, 1.165) is 23.7 Å². The maximum atomic E-state index is 11.8. The molecule has 0 fully saturated rings. The molecule has 1 amide bonds. The molecule has 0 unspecified atom stereocenters. The molecule has 2 aromatic heterocycles. The lowest BCUT2D eigenvalue weighted by Crippen LogP contribution is -2.12. The van der Waals surface area contributed by atoms with E-state index in [-0.39, 0.29) is 11.7 Å². The molecule has 0 saturated heterocycles. The van der Waals surface area contributed by atoms with Gasteiger partial charge in [0.1, 0.15) is 5.82 Å². The van der Waals surface area contributed by atoms with Gasteiger partial charge in [-0.2, -0.15) is 0 Å². The second kappa shape index (κ2) is 7.66. The van der Waals surface area contributed by atoms with Crippen LogP contribution in [0.25, 0.3) is 0 Å². The van der Waals surface area contributed by atoms with Crippen molar-refractivity contribution in [2.45, 2.75) is 6.42 Å². The Kier molecular flexibility index (Phi) is 5.13. The molecule has 0 spiro atoms. The van der Waals surface area contributed by atoms with Crippen LogP contribution in [0.5, 0.6) is 0 Å². The van der Waals surface area contributed by atoms with Crippen LogP contribution in [0.3, 0.4) is 0 Å². The van der Waals surface area contributed by atoms with Gasteiger partial charge in [0.2, 0.25) is 0 Å². The van der Waals surface area contributed by atoms with Gasteiger partial charge in [-0.15, -0.1) is 0 Å². The van der Waals surface area contributed by atoms with Crippen molar-refractivity contribution in [1.82, 2.24) is 4.98 Å². The number of furan rings is 1. The number of pyridine rings is 1. The van der Waals surface area contributed by atoms with Crippen LogP contribution in [0.2, 0.25) is 5.02 Å². The first-order valence-corrected chi connectivity index (χ1v) is 7.88. The number of benzene rings is 1. The molecule has 1 aromatic carbocycles. The van der Waals surface area contributed by atoms with Crippen LogP contribution < -0.4 is 10.6 Å². The van der Waals surface area contributed by atoms with Gasteiger partial charge in [-0.25, -0.2) is 4.98 Å². The zero-order valence-electron chi connectivity index (χ0n) is 12.8. The van der Waals surface area contributed by atoms with Crippen molar-refractivity contribution in [2.24, 2.45) is 0 Å². The Morgan fingerprint density at radius 3 is 2.79 bits per heavy atom. The molecule has 24 heavy (non-hydrogen) atoms. The lowest BCUT2D eigenvalue weighted by Gasteiger charge is -2.08. The maximum Gasteiger partial charge on any atom is 0.292 e. The summed E-state index contributed by atoms with van der Waals surface area (Å²) in [6.07, 6.45) is 3.99. The zero-order chi connectivity index (χ0) is 16.8. The van der Waals surface area contributed by atoms with Crippen LogP contribution in [-0.4, -0.2) is 17.4 Å². The summed E-state index contributed by atoms with van der Waals surface area (Å²) in [6.45, 7) is 0.764. The molecule has 0 atom stereocenters. The molecule has 0 aliphatic rings. The number of carbonyl (C=O) groups excluding carboxylic acids is 1. The zero-order valence-corrected chi connectivity index (χ0v) is 13.6. The van der Waals surface area contributed by atoms with Gasteiger partial charge >= 0.3 is 0 Å². The van der Waals surface area contributed by atoms with E-state index in [1.165, 1.54) is 11.8 Å². The fraction of sp³-hybridized carbons (Fsp3) is 0.111. The third-order valence-electron chi connectivity index (χ3n) is 3.38. The Hall–Kier alpha value is -2.79. The van der Waals surface area contributed by atoms with Crippen molar-refractivity contribution < 1.29 is 9.21 Å². The molecule has 0 aliphatic heterocycles. The SMILES string of the molecule is O=C(Nc1ccc(NCCc2cccc(Cl)c2)cn1)c1ccco1. The predicted molar refractivity (Wildman–Crippen MR) is 94.5 cm³/mol. The molecule has 3 aromatic rings. The quantitative estimate of drug-likeness (QED) is 0.704. The lowest BCUT2D eigenvalue weighted by atomic mass is 10.1. The van der Waals surface area contributed by atoms with Crippen molar-refractivity contribution in [3.05, 3.63) is 77.3 Å². The molecule has 0 saturated carbocycles. The van der Waals surface area contributed by atoms with Gasteiger partial charge in [0, 0.05) is 11.6 Å². The molecule has 0 bridgehead atoms. The topological polar surface area (TPSA) is 67.2 Å². The third kappa shape index (κ3) is 4.36. The first-order valence-electron chi connectivity index (χ1n) is 7.50. The number of rotatable bonds is 6. The average Bonchev–Trinajstić information content (AvgIpc) is 3.11. The van der Waals surface area contributed by atoms with Crippen LogP contribution in [0.15, 0.2) is 65.4 Å². The number of hydrogen-bond donors (Lipinski definition) is 2. The highest BCUT2D eigenvalue weighted by molar-refractivity contribution is 6.30. The highest BCUT2D eigenvalue weighted by Gasteiger charge is 2.09. The molecule has 0 aliphatic carbocycles. The normalized spacial score (nSPS) is 10.4. The van der Waals surface area contributed by atoms with Gasteiger partial charge in [0.05, 0.1) is 18.1 Å². The standard InChI is InChI=1S/C18H16ClN3O2/c19-14-4-1-3-13(11-14)8-9-20-15-6-7-17(21-12-15)22-18(23)16-5-2-10-24-16/h1-7,10-12,20H,8-9H2,(H,21,22,23). The van der Waals surface area contributed by atoms with E-state index in [2.05, 4.69) is 15.6 Å². The Morgan fingerprint density at radius 1 is 1.17 bits per heavy atom. The minimum absolute atomic E-state index is 0.250. The van der Waals surface area contributed by atoms with Crippen molar-refractivity contribution in [1.29, 1.82) is 0 Å². The fourth-order valence-electron chi connectivity index (χ4n) is 2.20. The number of hydrogen-bond acceptors (Lipinski definition) is 4.